The second kappa shape index (κ2) is 3.89. The van der Waals surface area contributed by atoms with Gasteiger partial charge >= 0.3 is 0 Å². The Bertz CT molecular complexity index is 342. The number of aromatic nitrogens is 2. The molecule has 0 N–H and O–H groups in total. The summed E-state index contributed by atoms with van der Waals surface area (Å²) in [6, 6.07) is 0. The van der Waals surface area contributed by atoms with Gasteiger partial charge in [0, 0.05) is 0 Å². The molecule has 0 spiro atoms. The Morgan fingerprint density at radius 2 is 1.79 bits per heavy atom. The first-order valence-corrected chi connectivity index (χ1v) is 5.56. The highest BCUT2D eigenvalue weighted by Crippen LogP contribution is 2.36. The summed E-state index contributed by atoms with van der Waals surface area (Å²) in [6.45, 7) is 5.69. The largest absolute Gasteiger partial charge is 0.269 e. The minimum Gasteiger partial charge on any atom is -0.252 e. The van der Waals surface area contributed by atoms with Crippen molar-refractivity contribution in [1.82, 2.24) is 9.78 Å². The number of hydrogen-bond acceptors (Lipinski definition) is 1. The van der Waals surface area contributed by atoms with E-state index in [9.17, 15) is 8.78 Å². The maximum Gasteiger partial charge on any atom is 0.269 e. The van der Waals surface area contributed by atoms with Crippen molar-refractivity contribution in [2.75, 3.05) is 0 Å². The highest BCUT2D eigenvalue weighted by Gasteiger charge is 2.26. The molecule has 0 radical (unpaired) electrons. The van der Waals surface area contributed by atoms with Crippen LogP contribution in [-0.4, -0.2) is 9.78 Å². The Morgan fingerprint density at radius 3 is 2.00 bits per heavy atom. The van der Waals surface area contributed by atoms with Gasteiger partial charge in [0.1, 0.15) is 9.21 Å². The van der Waals surface area contributed by atoms with Gasteiger partial charge in [-0.05, 0) is 52.6 Å². The Hall–Kier alpha value is 0.0300. The van der Waals surface area contributed by atoms with Crippen molar-refractivity contribution >= 4 is 31.9 Å². The summed E-state index contributed by atoms with van der Waals surface area (Å²) >= 11 is 6.15. The molecule has 0 unspecified atom stereocenters. The molecule has 0 saturated heterocycles. The van der Waals surface area contributed by atoms with Crippen molar-refractivity contribution < 1.29 is 8.78 Å². The van der Waals surface area contributed by atoms with Crippen molar-refractivity contribution in [1.29, 1.82) is 0 Å². The van der Waals surface area contributed by atoms with E-state index in [4.69, 9.17) is 0 Å². The number of halogens is 4. The highest BCUT2D eigenvalue weighted by molar-refractivity contribution is 9.11. The fraction of sp³-hybridized carbons (Fsp3) is 0.625. The van der Waals surface area contributed by atoms with Crippen LogP contribution in [-0.2, 0) is 5.54 Å². The molecular formula is C8H10Br2F2N2. The Labute approximate surface area is 97.9 Å². The van der Waals surface area contributed by atoms with Crippen LogP contribution >= 0.6 is 31.9 Å². The van der Waals surface area contributed by atoms with Gasteiger partial charge in [0.05, 0.1) is 11.1 Å². The van der Waals surface area contributed by atoms with Crippen molar-refractivity contribution in [3.8, 4) is 0 Å². The Kier molecular flexibility index (Phi) is 3.36. The van der Waals surface area contributed by atoms with Crippen molar-refractivity contribution in [2.24, 2.45) is 0 Å². The molecule has 6 heteroatoms. The summed E-state index contributed by atoms with van der Waals surface area (Å²) in [5.74, 6) is 0. The summed E-state index contributed by atoms with van der Waals surface area (Å²) in [5.41, 5.74) is -0.422. The fourth-order valence-corrected chi connectivity index (χ4v) is 2.77. The molecule has 1 aromatic rings. The van der Waals surface area contributed by atoms with Crippen LogP contribution < -0.4 is 0 Å². The van der Waals surface area contributed by atoms with E-state index in [1.165, 1.54) is 4.68 Å². The molecule has 0 amide bonds. The van der Waals surface area contributed by atoms with E-state index in [0.29, 0.717) is 4.60 Å². The molecule has 80 valence electrons. The Morgan fingerprint density at radius 1 is 1.29 bits per heavy atom. The van der Waals surface area contributed by atoms with Crippen molar-refractivity contribution in [3.63, 3.8) is 0 Å². The minimum absolute atomic E-state index is 0.0973. The third kappa shape index (κ3) is 2.16. The van der Waals surface area contributed by atoms with E-state index >= 15 is 0 Å². The van der Waals surface area contributed by atoms with Crippen LogP contribution in [0, 0.1) is 0 Å². The minimum atomic E-state index is -2.53. The standard InChI is InChI=1S/C8H10Br2F2N2/c1-8(2,3)14-6(10)4(7(11)12)5(9)13-14/h7H,1-3H3. The lowest BCUT2D eigenvalue weighted by Gasteiger charge is -2.20. The average Bonchev–Trinajstić information content (AvgIpc) is 2.24. The molecule has 0 bridgehead atoms. The first kappa shape index (κ1) is 12.1. The molecule has 1 heterocycles. The molecular weight excluding hydrogens is 322 g/mol. The smallest absolute Gasteiger partial charge is 0.252 e. The SMILES string of the molecule is CC(C)(C)n1nc(Br)c(C(F)F)c1Br. The second-order valence-corrected chi connectivity index (χ2v) is 5.38. The van der Waals surface area contributed by atoms with Crippen LogP contribution in [0.25, 0.3) is 0 Å². The zero-order valence-corrected chi connectivity index (χ0v) is 11.2. The first-order chi connectivity index (χ1) is 6.25. The first-order valence-electron chi connectivity index (χ1n) is 3.97. The average molecular weight is 332 g/mol. The molecule has 0 fully saturated rings. The van der Waals surface area contributed by atoms with E-state index in [2.05, 4.69) is 37.0 Å². The van der Waals surface area contributed by atoms with Gasteiger partial charge in [-0.25, -0.2) is 8.78 Å². The molecule has 0 aromatic carbocycles. The van der Waals surface area contributed by atoms with E-state index in [-0.39, 0.29) is 15.7 Å². The normalized spacial score (nSPS) is 12.6. The van der Waals surface area contributed by atoms with Gasteiger partial charge in [0.2, 0.25) is 0 Å². The second-order valence-electron chi connectivity index (χ2n) is 3.88. The topological polar surface area (TPSA) is 17.8 Å². The molecule has 2 nitrogen and oxygen atoms in total. The van der Waals surface area contributed by atoms with Gasteiger partial charge in [0.15, 0.2) is 0 Å². The zero-order chi connectivity index (χ0) is 11.1. The lowest BCUT2D eigenvalue weighted by molar-refractivity contribution is 0.149. The van der Waals surface area contributed by atoms with Gasteiger partial charge in [-0.1, -0.05) is 0 Å². The lowest BCUT2D eigenvalue weighted by Crippen LogP contribution is -2.23. The van der Waals surface area contributed by atoms with Gasteiger partial charge in [-0.15, -0.1) is 0 Å². The number of alkyl halides is 2. The van der Waals surface area contributed by atoms with E-state index in [1.54, 1.807) is 0 Å². The third-order valence-corrected chi connectivity index (χ3v) is 3.02. The summed E-state index contributed by atoms with van der Waals surface area (Å²) in [5, 5.41) is 4.01. The number of hydrogen-bond donors (Lipinski definition) is 0. The molecule has 14 heavy (non-hydrogen) atoms. The zero-order valence-electron chi connectivity index (χ0n) is 7.98. The predicted molar refractivity (Wildman–Crippen MR) is 57.6 cm³/mol. The summed E-state index contributed by atoms with van der Waals surface area (Å²) in [7, 11) is 0. The van der Waals surface area contributed by atoms with Crippen LogP contribution in [0.15, 0.2) is 9.21 Å². The molecule has 0 aliphatic carbocycles. The highest BCUT2D eigenvalue weighted by atomic mass is 79.9. The van der Waals surface area contributed by atoms with Gasteiger partial charge in [0.25, 0.3) is 6.43 Å². The number of rotatable bonds is 1. The lowest BCUT2D eigenvalue weighted by atomic mass is 10.1. The van der Waals surface area contributed by atoms with E-state index < -0.39 is 6.43 Å². The van der Waals surface area contributed by atoms with E-state index in [0.717, 1.165) is 0 Å². The number of nitrogens with zero attached hydrogens (tertiary/aromatic N) is 2. The summed E-state index contributed by atoms with van der Waals surface area (Å²) in [6.07, 6.45) is -2.53. The monoisotopic (exact) mass is 330 g/mol. The fourth-order valence-electron chi connectivity index (χ4n) is 1.01. The van der Waals surface area contributed by atoms with Crippen molar-refractivity contribution in [2.45, 2.75) is 32.7 Å². The van der Waals surface area contributed by atoms with Gasteiger partial charge < -0.3 is 0 Å². The van der Waals surface area contributed by atoms with Crippen LogP contribution in [0.3, 0.4) is 0 Å². The van der Waals surface area contributed by atoms with Gasteiger partial charge in [-0.3, -0.25) is 4.68 Å². The van der Waals surface area contributed by atoms with Crippen LogP contribution in [0.5, 0.6) is 0 Å². The maximum absolute atomic E-state index is 12.6. The third-order valence-electron chi connectivity index (χ3n) is 1.67. The molecule has 1 rings (SSSR count). The molecule has 0 atom stereocenters. The van der Waals surface area contributed by atoms with Crippen molar-refractivity contribution in [3.05, 3.63) is 14.8 Å². The summed E-state index contributed by atoms with van der Waals surface area (Å²) < 4.78 is 27.2. The van der Waals surface area contributed by atoms with Crippen LogP contribution in [0.1, 0.15) is 32.8 Å². The summed E-state index contributed by atoms with van der Waals surface area (Å²) in [4.78, 5) is 0. The van der Waals surface area contributed by atoms with E-state index in [1.807, 2.05) is 20.8 Å². The van der Waals surface area contributed by atoms with Gasteiger partial charge in [-0.2, -0.15) is 5.10 Å². The van der Waals surface area contributed by atoms with Crippen LogP contribution in [0.4, 0.5) is 8.78 Å². The molecule has 1 aromatic heterocycles. The molecule has 0 aliphatic rings. The molecule has 0 aliphatic heterocycles. The quantitative estimate of drug-likeness (QED) is 0.757. The predicted octanol–water partition coefficient (Wildman–Crippen LogP) is 4.10. The Balaban J connectivity index is 3.31. The maximum atomic E-state index is 12.6. The van der Waals surface area contributed by atoms with Crippen LogP contribution in [0.2, 0.25) is 0 Å². The molecule has 0 saturated carbocycles.